The van der Waals surface area contributed by atoms with E-state index in [1.54, 1.807) is 7.11 Å². The number of hydrogen-bond donors (Lipinski definition) is 2. The highest BCUT2D eigenvalue weighted by Gasteiger charge is 2.21. The first-order chi connectivity index (χ1) is 18.0. The summed E-state index contributed by atoms with van der Waals surface area (Å²) >= 11 is 4.75. The number of para-hydroxylation sites is 3. The molecule has 1 amide bonds. The van der Waals surface area contributed by atoms with Gasteiger partial charge in [0.25, 0.3) is 5.91 Å². The average molecular weight is 580 g/mol. The molecule has 0 unspecified atom stereocenters. The van der Waals surface area contributed by atoms with Crippen LogP contribution in [0.15, 0.2) is 93.6 Å². The summed E-state index contributed by atoms with van der Waals surface area (Å²) in [5.41, 5.74) is 6.08. The monoisotopic (exact) mass is 578 g/mol. The van der Waals surface area contributed by atoms with Crippen LogP contribution >= 0.6 is 27.7 Å². The minimum atomic E-state index is -0.455. The molecule has 3 aromatic carbocycles. The minimum Gasteiger partial charge on any atom is -0.495 e. The fourth-order valence-electron chi connectivity index (χ4n) is 3.49. The summed E-state index contributed by atoms with van der Waals surface area (Å²) in [4.78, 5) is 12.8. The van der Waals surface area contributed by atoms with E-state index < -0.39 is 5.25 Å². The molecule has 2 N–H and O–H groups in total. The Morgan fingerprint density at radius 3 is 2.49 bits per heavy atom. The molecule has 1 aromatic heterocycles. The molecule has 37 heavy (non-hydrogen) atoms. The van der Waals surface area contributed by atoms with Crippen molar-refractivity contribution >= 4 is 45.0 Å². The Morgan fingerprint density at radius 1 is 1.05 bits per heavy atom. The molecule has 1 heterocycles. The van der Waals surface area contributed by atoms with Gasteiger partial charge in [-0.3, -0.25) is 9.36 Å². The van der Waals surface area contributed by atoms with Crippen LogP contribution in [0.3, 0.4) is 0 Å². The number of hydrogen-bond acceptors (Lipinski definition) is 7. The van der Waals surface area contributed by atoms with Crippen molar-refractivity contribution in [1.29, 1.82) is 0 Å². The second-order valence-corrected chi connectivity index (χ2v) is 10.3. The average Bonchev–Trinajstić information content (AvgIpc) is 3.33. The highest BCUT2D eigenvalue weighted by atomic mass is 79.9. The van der Waals surface area contributed by atoms with Crippen LogP contribution < -0.4 is 15.5 Å². The number of hydrazone groups is 1. The summed E-state index contributed by atoms with van der Waals surface area (Å²) in [7, 11) is 1.64. The lowest BCUT2D eigenvalue weighted by molar-refractivity contribution is -0.120. The number of aromatic nitrogens is 3. The van der Waals surface area contributed by atoms with Crippen LogP contribution in [0.1, 0.15) is 25.2 Å². The summed E-state index contributed by atoms with van der Waals surface area (Å²) in [6.45, 7) is 4.09. The maximum Gasteiger partial charge on any atom is 0.253 e. The van der Waals surface area contributed by atoms with Crippen LogP contribution in [0, 0.1) is 0 Å². The molecular formula is C27H27BrN6O2S. The Hall–Kier alpha value is -3.63. The lowest BCUT2D eigenvalue weighted by Gasteiger charge is -2.14. The molecule has 0 saturated heterocycles. The topological polar surface area (TPSA) is 93.4 Å². The predicted molar refractivity (Wildman–Crippen MR) is 151 cm³/mol. The summed E-state index contributed by atoms with van der Waals surface area (Å²) in [6, 6.07) is 25.3. The Balaban J connectivity index is 1.50. The Morgan fingerprint density at radius 2 is 1.76 bits per heavy atom. The number of amides is 1. The summed E-state index contributed by atoms with van der Waals surface area (Å²) in [5.74, 6) is 1.22. The van der Waals surface area contributed by atoms with Gasteiger partial charge in [0.05, 0.1) is 30.3 Å². The molecule has 8 nitrogen and oxygen atoms in total. The summed E-state index contributed by atoms with van der Waals surface area (Å²) in [5, 5.41) is 16.6. The number of carbonyl (C=O) groups is 1. The van der Waals surface area contributed by atoms with Crippen LogP contribution in [0.2, 0.25) is 0 Å². The van der Waals surface area contributed by atoms with E-state index in [-0.39, 0.29) is 5.91 Å². The second kappa shape index (κ2) is 12.6. The highest BCUT2D eigenvalue weighted by molar-refractivity contribution is 9.10. The molecule has 0 radical (unpaired) electrons. The van der Waals surface area contributed by atoms with Crippen molar-refractivity contribution in [3.8, 4) is 11.4 Å². The molecule has 10 heteroatoms. The van der Waals surface area contributed by atoms with Crippen molar-refractivity contribution in [2.75, 3.05) is 12.4 Å². The zero-order chi connectivity index (χ0) is 26.2. The Kier molecular flexibility index (Phi) is 8.97. The largest absolute Gasteiger partial charge is 0.495 e. The molecule has 4 aromatic rings. The first-order valence-corrected chi connectivity index (χ1v) is 13.3. The number of nitrogens with one attached hydrogen (secondary N) is 2. The smallest absolute Gasteiger partial charge is 0.253 e. The van der Waals surface area contributed by atoms with Gasteiger partial charge >= 0.3 is 0 Å². The van der Waals surface area contributed by atoms with Gasteiger partial charge < -0.3 is 10.1 Å². The Bertz CT molecular complexity index is 1380. The SMILES string of the molecule is COc1ccccc1NCc1nnc(S[C@H](C)C(=O)N/N=C(\C)c2ccc(Br)cc2)n1-c1ccccc1. The third-order valence-corrected chi connectivity index (χ3v) is 7.08. The first kappa shape index (κ1) is 26.4. The zero-order valence-electron chi connectivity index (χ0n) is 20.7. The van der Waals surface area contributed by atoms with Crippen molar-refractivity contribution in [2.45, 2.75) is 30.8 Å². The maximum atomic E-state index is 12.8. The number of halogens is 1. The van der Waals surface area contributed by atoms with Crippen LogP contribution in [-0.2, 0) is 11.3 Å². The molecule has 0 bridgehead atoms. The van der Waals surface area contributed by atoms with E-state index in [0.717, 1.165) is 32.9 Å². The molecule has 0 aliphatic rings. The number of nitrogens with zero attached hydrogens (tertiary/aromatic N) is 4. The molecular weight excluding hydrogens is 552 g/mol. The normalized spacial score (nSPS) is 12.2. The number of anilines is 1. The lowest BCUT2D eigenvalue weighted by atomic mass is 10.1. The van der Waals surface area contributed by atoms with Crippen LogP contribution in [0.25, 0.3) is 5.69 Å². The lowest BCUT2D eigenvalue weighted by Crippen LogP contribution is -2.28. The fourth-order valence-corrected chi connectivity index (χ4v) is 4.63. The number of ether oxygens (including phenoxy) is 1. The zero-order valence-corrected chi connectivity index (χ0v) is 23.1. The molecule has 0 aliphatic heterocycles. The molecule has 0 saturated carbocycles. The van der Waals surface area contributed by atoms with Crippen molar-refractivity contribution in [1.82, 2.24) is 20.2 Å². The quantitative estimate of drug-likeness (QED) is 0.143. The van der Waals surface area contributed by atoms with Gasteiger partial charge in [0.15, 0.2) is 11.0 Å². The molecule has 1 atom stereocenters. The van der Waals surface area contributed by atoms with E-state index in [2.05, 4.69) is 42.0 Å². The number of carbonyl (C=O) groups excluding carboxylic acids is 1. The van der Waals surface area contributed by atoms with Crippen LogP contribution in [0.5, 0.6) is 5.75 Å². The maximum absolute atomic E-state index is 12.8. The van der Waals surface area contributed by atoms with Crippen molar-refractivity contribution in [3.05, 3.63) is 94.7 Å². The van der Waals surface area contributed by atoms with Gasteiger partial charge in [0, 0.05) is 10.2 Å². The van der Waals surface area contributed by atoms with Crippen LogP contribution in [-0.4, -0.2) is 38.7 Å². The van der Waals surface area contributed by atoms with Crippen molar-refractivity contribution in [2.24, 2.45) is 5.10 Å². The summed E-state index contributed by atoms with van der Waals surface area (Å²) in [6.07, 6.45) is 0. The molecule has 0 spiro atoms. The standard InChI is InChI=1S/C27H27BrN6O2S/c1-18(20-13-15-21(28)16-14-20)30-32-26(35)19(2)37-27-33-31-25(34(27)22-9-5-4-6-10-22)17-29-23-11-7-8-12-24(23)36-3/h4-16,19,29H,17H2,1-3H3,(H,32,35)/b30-18+/t19-/m1/s1. The fraction of sp³-hybridized carbons (Fsp3) is 0.185. The van der Waals surface area contributed by atoms with Gasteiger partial charge in [0.2, 0.25) is 0 Å². The first-order valence-electron chi connectivity index (χ1n) is 11.6. The number of thioether (sulfide) groups is 1. The predicted octanol–water partition coefficient (Wildman–Crippen LogP) is 5.67. The van der Waals surface area contributed by atoms with E-state index in [9.17, 15) is 4.79 Å². The van der Waals surface area contributed by atoms with Gasteiger partial charge in [-0.15, -0.1) is 10.2 Å². The third-order valence-electron chi connectivity index (χ3n) is 5.51. The Labute approximate surface area is 228 Å². The third kappa shape index (κ3) is 6.78. The second-order valence-electron chi connectivity index (χ2n) is 8.06. The number of methoxy groups -OCH3 is 1. The molecule has 0 aliphatic carbocycles. The number of benzene rings is 3. The molecule has 4 rings (SSSR count). The number of rotatable bonds is 10. The van der Waals surface area contributed by atoms with Gasteiger partial charge in [0.1, 0.15) is 5.75 Å². The van der Waals surface area contributed by atoms with Crippen molar-refractivity contribution < 1.29 is 9.53 Å². The van der Waals surface area contributed by atoms with E-state index in [1.165, 1.54) is 11.8 Å². The van der Waals surface area contributed by atoms with Crippen molar-refractivity contribution in [3.63, 3.8) is 0 Å². The molecule has 190 valence electrons. The van der Waals surface area contributed by atoms with Gasteiger partial charge in [-0.1, -0.05) is 70.2 Å². The van der Waals surface area contributed by atoms with Gasteiger partial charge in [-0.25, -0.2) is 5.43 Å². The van der Waals surface area contributed by atoms with Crippen LogP contribution in [0.4, 0.5) is 5.69 Å². The van der Waals surface area contributed by atoms with Gasteiger partial charge in [-0.2, -0.15) is 5.10 Å². The van der Waals surface area contributed by atoms with Gasteiger partial charge in [-0.05, 0) is 55.8 Å². The van der Waals surface area contributed by atoms with E-state index in [0.29, 0.717) is 17.5 Å². The van der Waals surface area contributed by atoms with E-state index in [1.807, 2.05) is 97.3 Å². The van der Waals surface area contributed by atoms with E-state index >= 15 is 0 Å². The summed E-state index contributed by atoms with van der Waals surface area (Å²) < 4.78 is 8.38. The minimum absolute atomic E-state index is 0.224. The molecule has 0 fully saturated rings. The highest BCUT2D eigenvalue weighted by Crippen LogP contribution is 2.28. The van der Waals surface area contributed by atoms with E-state index in [4.69, 9.17) is 4.74 Å².